The summed E-state index contributed by atoms with van der Waals surface area (Å²) in [7, 11) is 0. The minimum absolute atomic E-state index is 0.157. The van der Waals surface area contributed by atoms with Gasteiger partial charge < -0.3 is 5.11 Å². The van der Waals surface area contributed by atoms with Gasteiger partial charge in [0, 0.05) is 5.92 Å². The van der Waals surface area contributed by atoms with Crippen LogP contribution in [0.3, 0.4) is 0 Å². The summed E-state index contributed by atoms with van der Waals surface area (Å²) in [6, 6.07) is 10.4. The molecular formula is C18H26O. The lowest BCUT2D eigenvalue weighted by molar-refractivity contribution is 0.0725. The van der Waals surface area contributed by atoms with E-state index in [0.29, 0.717) is 5.92 Å². The monoisotopic (exact) mass is 258 g/mol. The van der Waals surface area contributed by atoms with Crippen LogP contribution in [-0.2, 0) is 0 Å². The fraction of sp³-hybridized carbons (Fsp3) is 0.556. The molecule has 1 aromatic rings. The molecule has 1 aromatic carbocycles. The van der Waals surface area contributed by atoms with Gasteiger partial charge in [0.05, 0.1) is 6.10 Å². The molecule has 1 N–H and O–H groups in total. The van der Waals surface area contributed by atoms with E-state index in [1.807, 2.05) is 6.07 Å². The van der Waals surface area contributed by atoms with Crippen LogP contribution in [0.1, 0.15) is 56.9 Å². The molecule has 0 radical (unpaired) electrons. The average molecular weight is 258 g/mol. The molecule has 1 aliphatic carbocycles. The van der Waals surface area contributed by atoms with Crippen LogP contribution in [0.4, 0.5) is 0 Å². The molecule has 1 nitrogen and oxygen atoms in total. The van der Waals surface area contributed by atoms with E-state index in [4.69, 9.17) is 0 Å². The first kappa shape index (κ1) is 14.3. The highest BCUT2D eigenvalue weighted by Gasteiger charge is 2.28. The first-order chi connectivity index (χ1) is 9.33. The van der Waals surface area contributed by atoms with Crippen LogP contribution < -0.4 is 0 Å². The van der Waals surface area contributed by atoms with E-state index in [1.54, 1.807) is 0 Å². The molecule has 2 rings (SSSR count). The van der Waals surface area contributed by atoms with Crippen molar-refractivity contribution < 1.29 is 5.11 Å². The predicted octanol–water partition coefficient (Wildman–Crippen LogP) is 4.68. The van der Waals surface area contributed by atoms with Gasteiger partial charge in [-0.15, -0.1) is 0 Å². The lowest BCUT2D eigenvalue weighted by atomic mass is 9.78. The molecule has 0 spiro atoms. The van der Waals surface area contributed by atoms with Crippen molar-refractivity contribution in [2.24, 2.45) is 5.92 Å². The van der Waals surface area contributed by atoms with Gasteiger partial charge in [0.15, 0.2) is 0 Å². The SMILES string of the molecule is CC/C=C/[C@@H](c1ccccc1)[C@H](O)C1CCCCC1. The summed E-state index contributed by atoms with van der Waals surface area (Å²) in [5, 5.41) is 10.8. The maximum absolute atomic E-state index is 10.8. The Bertz CT molecular complexity index is 376. The molecule has 0 heterocycles. The highest BCUT2D eigenvalue weighted by Crippen LogP contribution is 2.34. The van der Waals surface area contributed by atoms with Gasteiger partial charge >= 0.3 is 0 Å². The van der Waals surface area contributed by atoms with Gasteiger partial charge in [0.2, 0.25) is 0 Å². The van der Waals surface area contributed by atoms with Crippen LogP contribution >= 0.6 is 0 Å². The van der Waals surface area contributed by atoms with Crippen molar-refractivity contribution in [2.75, 3.05) is 0 Å². The zero-order valence-electron chi connectivity index (χ0n) is 12.0. The maximum Gasteiger partial charge on any atom is 0.0671 e. The molecule has 1 heteroatoms. The molecule has 2 atom stereocenters. The van der Waals surface area contributed by atoms with E-state index < -0.39 is 0 Å². The summed E-state index contributed by atoms with van der Waals surface area (Å²) in [6.45, 7) is 2.14. The van der Waals surface area contributed by atoms with E-state index in [1.165, 1.54) is 37.7 Å². The van der Waals surface area contributed by atoms with Crippen molar-refractivity contribution in [1.82, 2.24) is 0 Å². The van der Waals surface area contributed by atoms with Crippen LogP contribution in [-0.4, -0.2) is 11.2 Å². The molecule has 0 amide bonds. The van der Waals surface area contributed by atoms with Gasteiger partial charge in [0.25, 0.3) is 0 Å². The molecule has 1 fully saturated rings. The van der Waals surface area contributed by atoms with E-state index >= 15 is 0 Å². The molecule has 1 aliphatic rings. The molecule has 0 aromatic heterocycles. The Labute approximate surface area is 117 Å². The Morgan fingerprint density at radius 2 is 1.84 bits per heavy atom. The van der Waals surface area contributed by atoms with E-state index in [0.717, 1.165) is 6.42 Å². The lowest BCUT2D eigenvalue weighted by Crippen LogP contribution is -2.28. The first-order valence-corrected chi connectivity index (χ1v) is 7.72. The number of hydrogen-bond donors (Lipinski definition) is 1. The lowest BCUT2D eigenvalue weighted by Gasteiger charge is -2.31. The largest absolute Gasteiger partial charge is 0.392 e. The number of hydrogen-bond acceptors (Lipinski definition) is 1. The third-order valence-corrected chi connectivity index (χ3v) is 4.26. The molecule has 0 aliphatic heterocycles. The van der Waals surface area contributed by atoms with Crippen molar-refractivity contribution in [3.63, 3.8) is 0 Å². The Hall–Kier alpha value is -1.08. The molecule has 0 unspecified atom stereocenters. The third-order valence-electron chi connectivity index (χ3n) is 4.26. The summed E-state index contributed by atoms with van der Waals surface area (Å²) in [6.07, 6.45) is 11.4. The topological polar surface area (TPSA) is 20.2 Å². The Morgan fingerprint density at radius 1 is 1.16 bits per heavy atom. The van der Waals surface area contributed by atoms with Crippen molar-refractivity contribution in [1.29, 1.82) is 0 Å². The minimum Gasteiger partial charge on any atom is -0.392 e. The quantitative estimate of drug-likeness (QED) is 0.760. The van der Waals surface area contributed by atoms with Crippen molar-refractivity contribution >= 4 is 0 Å². The van der Waals surface area contributed by atoms with Crippen LogP contribution in [0.25, 0.3) is 0 Å². The van der Waals surface area contributed by atoms with Crippen LogP contribution in [0.5, 0.6) is 0 Å². The van der Waals surface area contributed by atoms with E-state index in [2.05, 4.69) is 43.3 Å². The molecule has 1 saturated carbocycles. The standard InChI is InChI=1S/C18H26O/c1-2-3-14-17(15-10-6-4-7-11-15)18(19)16-12-8-5-9-13-16/h3-4,6-7,10-11,14,16-19H,2,5,8-9,12-13H2,1H3/b14-3+/t17-,18+/m0/s1. The number of aliphatic hydroxyl groups is 1. The molecule has 19 heavy (non-hydrogen) atoms. The van der Waals surface area contributed by atoms with Gasteiger partial charge in [-0.3, -0.25) is 0 Å². The van der Waals surface area contributed by atoms with Crippen LogP contribution in [0.2, 0.25) is 0 Å². The number of rotatable bonds is 5. The van der Waals surface area contributed by atoms with Crippen LogP contribution in [0, 0.1) is 5.92 Å². The summed E-state index contributed by atoms with van der Waals surface area (Å²) in [4.78, 5) is 0. The van der Waals surface area contributed by atoms with E-state index in [-0.39, 0.29) is 12.0 Å². The average Bonchev–Trinajstić information content (AvgIpc) is 2.49. The zero-order valence-corrected chi connectivity index (χ0v) is 12.0. The second kappa shape index (κ2) is 7.49. The highest BCUT2D eigenvalue weighted by atomic mass is 16.3. The van der Waals surface area contributed by atoms with Crippen molar-refractivity contribution in [3.8, 4) is 0 Å². The minimum atomic E-state index is -0.231. The number of benzene rings is 1. The second-order valence-electron chi connectivity index (χ2n) is 5.66. The smallest absolute Gasteiger partial charge is 0.0671 e. The Kier molecular flexibility index (Phi) is 5.65. The summed E-state index contributed by atoms with van der Waals surface area (Å²) < 4.78 is 0. The Balaban J connectivity index is 2.14. The summed E-state index contributed by atoms with van der Waals surface area (Å²) >= 11 is 0. The first-order valence-electron chi connectivity index (χ1n) is 7.72. The van der Waals surface area contributed by atoms with Gasteiger partial charge in [0.1, 0.15) is 0 Å². The predicted molar refractivity (Wildman–Crippen MR) is 81.2 cm³/mol. The number of aliphatic hydroxyl groups excluding tert-OH is 1. The van der Waals surface area contributed by atoms with Crippen molar-refractivity contribution in [2.45, 2.75) is 57.5 Å². The normalized spacial score (nSPS) is 20.5. The molecule has 0 bridgehead atoms. The summed E-state index contributed by atoms with van der Waals surface area (Å²) in [5.41, 5.74) is 1.24. The summed E-state index contributed by atoms with van der Waals surface area (Å²) in [5.74, 6) is 0.629. The van der Waals surface area contributed by atoms with Gasteiger partial charge in [-0.05, 0) is 30.7 Å². The molecule has 104 valence electrons. The van der Waals surface area contributed by atoms with Gasteiger partial charge in [-0.2, -0.15) is 0 Å². The fourth-order valence-corrected chi connectivity index (χ4v) is 3.15. The molecule has 0 saturated heterocycles. The van der Waals surface area contributed by atoms with Crippen LogP contribution in [0.15, 0.2) is 42.5 Å². The maximum atomic E-state index is 10.8. The highest BCUT2D eigenvalue weighted by molar-refractivity contribution is 5.25. The third kappa shape index (κ3) is 3.94. The fourth-order valence-electron chi connectivity index (χ4n) is 3.15. The van der Waals surface area contributed by atoms with Crippen molar-refractivity contribution in [3.05, 3.63) is 48.0 Å². The number of allylic oxidation sites excluding steroid dienone is 1. The van der Waals surface area contributed by atoms with Gasteiger partial charge in [-0.25, -0.2) is 0 Å². The van der Waals surface area contributed by atoms with E-state index in [9.17, 15) is 5.11 Å². The zero-order chi connectivity index (χ0) is 13.5. The Morgan fingerprint density at radius 3 is 2.47 bits per heavy atom. The second-order valence-corrected chi connectivity index (χ2v) is 5.66. The molecular weight excluding hydrogens is 232 g/mol. The van der Waals surface area contributed by atoms with Gasteiger partial charge in [-0.1, -0.05) is 68.7 Å².